The highest BCUT2D eigenvalue weighted by Gasteiger charge is 2.40. The van der Waals surface area contributed by atoms with Gasteiger partial charge in [0.05, 0.1) is 6.42 Å². The van der Waals surface area contributed by atoms with Crippen LogP contribution in [0.3, 0.4) is 0 Å². The van der Waals surface area contributed by atoms with Crippen molar-refractivity contribution in [2.45, 2.75) is 56.3 Å². The van der Waals surface area contributed by atoms with Crippen LogP contribution in [0.1, 0.15) is 60.9 Å². The maximum Gasteiger partial charge on any atom is 0.408 e. The van der Waals surface area contributed by atoms with Crippen LogP contribution < -0.4 is 16.0 Å². The lowest BCUT2D eigenvalue weighted by atomic mass is 9.77. The number of carbonyl (C=O) groups excluding carboxylic acids is 4. The summed E-state index contributed by atoms with van der Waals surface area (Å²) in [5.41, 5.74) is 4.00. The molecule has 2 atom stereocenters. The molecule has 0 heterocycles. The van der Waals surface area contributed by atoms with Gasteiger partial charge in [-0.25, -0.2) is 19.2 Å². The van der Waals surface area contributed by atoms with Gasteiger partial charge in [-0.05, 0) is 59.7 Å². The summed E-state index contributed by atoms with van der Waals surface area (Å²) in [5.74, 6) is -3.58. The zero-order valence-electron chi connectivity index (χ0n) is 32.3. The second-order valence-corrected chi connectivity index (χ2v) is 14.8. The van der Waals surface area contributed by atoms with Gasteiger partial charge in [-0.2, -0.15) is 0 Å². The molecule has 5 aromatic rings. The zero-order chi connectivity index (χ0) is 41.3. The number of alkyl carbamates (subject to hydrolysis) is 2. The molecule has 0 aromatic heterocycles. The Kier molecular flexibility index (Phi) is 12.6. The summed E-state index contributed by atoms with van der Waals surface area (Å²) < 4.78 is 16.3. The first kappa shape index (κ1) is 40.7. The second-order valence-electron chi connectivity index (χ2n) is 14.8. The molecule has 0 bridgehead atoms. The minimum absolute atomic E-state index is 0.0755. The number of ether oxygens (including phenoxy) is 3. The van der Waals surface area contributed by atoms with E-state index in [2.05, 4.69) is 16.0 Å². The van der Waals surface area contributed by atoms with Crippen LogP contribution in [0.25, 0.3) is 11.1 Å². The molecular formula is C46H45N3O9. The predicted molar refractivity (Wildman–Crippen MR) is 216 cm³/mol. The monoisotopic (exact) mass is 783 g/mol. The SMILES string of the molecule is CC(C)(C)OC(=O)N[C@@H](COC(=O)[C@H](CC(=O)NC(c1ccccc1)(c1ccccc1)c1ccccc1)NC(=O)OCC1c2ccccc2-c2ccccc21)C(=O)O. The molecule has 58 heavy (non-hydrogen) atoms. The van der Waals surface area contributed by atoms with Gasteiger partial charge >= 0.3 is 24.1 Å². The van der Waals surface area contributed by atoms with E-state index in [1.165, 1.54) is 0 Å². The number of amides is 3. The van der Waals surface area contributed by atoms with E-state index in [0.717, 1.165) is 38.9 Å². The van der Waals surface area contributed by atoms with Gasteiger partial charge in [0.15, 0.2) is 6.04 Å². The molecule has 298 valence electrons. The van der Waals surface area contributed by atoms with Crippen LogP contribution in [0.5, 0.6) is 0 Å². The van der Waals surface area contributed by atoms with Gasteiger partial charge in [0.1, 0.15) is 30.4 Å². The first-order chi connectivity index (χ1) is 27.9. The largest absolute Gasteiger partial charge is 0.480 e. The smallest absolute Gasteiger partial charge is 0.408 e. The van der Waals surface area contributed by atoms with Crippen molar-refractivity contribution in [2.75, 3.05) is 13.2 Å². The van der Waals surface area contributed by atoms with Crippen molar-refractivity contribution < 1.29 is 43.3 Å². The Morgan fingerprint density at radius 3 is 1.52 bits per heavy atom. The van der Waals surface area contributed by atoms with E-state index >= 15 is 0 Å². The summed E-state index contributed by atoms with van der Waals surface area (Å²) in [4.78, 5) is 66.2. The van der Waals surface area contributed by atoms with Crippen LogP contribution in [-0.2, 0) is 34.1 Å². The average molecular weight is 784 g/mol. The molecular weight excluding hydrogens is 739 g/mol. The molecule has 0 aliphatic heterocycles. The standard InChI is InChI=1S/C46H45N3O9/c1-45(2,3)58-44(55)48-39(41(51)52)29-56-42(53)38(47-43(54)57-28-37-35-25-15-13-23-33(35)34-24-14-16-26-36(34)37)27-40(50)49-46(30-17-7-4-8-18-30,31-19-9-5-10-20-31)32-21-11-6-12-22-32/h4-26,37-39H,27-29H2,1-3H3,(H,47,54)(H,48,55)(H,49,50)(H,51,52)/t38-,39-/m0/s1. The maximum atomic E-state index is 14.4. The van der Waals surface area contributed by atoms with E-state index in [0.29, 0.717) is 0 Å². The Morgan fingerprint density at radius 2 is 1.05 bits per heavy atom. The van der Waals surface area contributed by atoms with Crippen molar-refractivity contribution in [2.24, 2.45) is 0 Å². The first-order valence-electron chi connectivity index (χ1n) is 18.8. The molecule has 0 fully saturated rings. The molecule has 1 aliphatic rings. The number of aliphatic carboxylic acids is 1. The summed E-state index contributed by atoms with van der Waals surface area (Å²) in [6, 6.07) is 40.2. The van der Waals surface area contributed by atoms with Crippen LogP contribution in [0.15, 0.2) is 140 Å². The van der Waals surface area contributed by atoms with Crippen LogP contribution >= 0.6 is 0 Å². The van der Waals surface area contributed by atoms with Gasteiger partial charge in [0.25, 0.3) is 0 Å². The van der Waals surface area contributed by atoms with Crippen LogP contribution in [-0.4, -0.2) is 66.0 Å². The molecule has 0 spiro atoms. The second kappa shape index (κ2) is 17.9. The average Bonchev–Trinajstić information content (AvgIpc) is 3.54. The minimum Gasteiger partial charge on any atom is -0.480 e. The fraction of sp³-hybridized carbons (Fsp3) is 0.239. The third-order valence-electron chi connectivity index (χ3n) is 9.64. The van der Waals surface area contributed by atoms with Crippen molar-refractivity contribution in [3.05, 3.63) is 167 Å². The van der Waals surface area contributed by atoms with Crippen LogP contribution in [0, 0.1) is 0 Å². The lowest BCUT2D eigenvalue weighted by molar-refractivity contribution is -0.151. The Balaban J connectivity index is 1.26. The van der Waals surface area contributed by atoms with Crippen molar-refractivity contribution >= 4 is 30.0 Å². The van der Waals surface area contributed by atoms with E-state index in [1.807, 2.05) is 140 Å². The van der Waals surface area contributed by atoms with Gasteiger partial charge in [0.2, 0.25) is 5.91 Å². The number of hydrogen-bond acceptors (Lipinski definition) is 8. The van der Waals surface area contributed by atoms with Crippen molar-refractivity contribution in [1.82, 2.24) is 16.0 Å². The molecule has 12 heteroatoms. The molecule has 1 aliphatic carbocycles. The number of carbonyl (C=O) groups is 5. The van der Waals surface area contributed by atoms with Gasteiger partial charge in [-0.15, -0.1) is 0 Å². The lowest BCUT2D eigenvalue weighted by Crippen LogP contribution is -2.52. The number of hydrogen-bond donors (Lipinski definition) is 4. The quantitative estimate of drug-likeness (QED) is 0.0531. The third-order valence-corrected chi connectivity index (χ3v) is 9.64. The summed E-state index contributed by atoms with van der Waals surface area (Å²) in [6.07, 6.45) is -2.67. The molecule has 3 amide bonds. The number of rotatable bonds is 14. The maximum absolute atomic E-state index is 14.4. The van der Waals surface area contributed by atoms with Crippen LogP contribution in [0.4, 0.5) is 9.59 Å². The summed E-state index contributed by atoms with van der Waals surface area (Å²) in [5, 5.41) is 17.6. The van der Waals surface area contributed by atoms with E-state index in [4.69, 9.17) is 14.2 Å². The molecule has 0 unspecified atom stereocenters. The first-order valence-corrected chi connectivity index (χ1v) is 18.8. The Hall–Kier alpha value is -6.95. The summed E-state index contributed by atoms with van der Waals surface area (Å²) in [6.45, 7) is 3.91. The number of nitrogens with one attached hydrogen (secondary N) is 3. The normalized spacial score (nSPS) is 13.2. The fourth-order valence-corrected chi connectivity index (χ4v) is 7.09. The number of esters is 1. The highest BCUT2D eigenvalue weighted by molar-refractivity contribution is 5.89. The Morgan fingerprint density at radius 1 is 0.603 bits per heavy atom. The predicted octanol–water partition coefficient (Wildman–Crippen LogP) is 6.91. The Labute approximate surface area is 336 Å². The highest BCUT2D eigenvalue weighted by atomic mass is 16.6. The van der Waals surface area contributed by atoms with Crippen LogP contribution in [0.2, 0.25) is 0 Å². The molecule has 12 nitrogen and oxygen atoms in total. The molecule has 0 saturated carbocycles. The number of fused-ring (bicyclic) bond motifs is 3. The molecule has 4 N–H and O–H groups in total. The molecule has 0 saturated heterocycles. The van der Waals surface area contributed by atoms with Crippen molar-refractivity contribution in [1.29, 1.82) is 0 Å². The summed E-state index contributed by atoms with van der Waals surface area (Å²) >= 11 is 0. The van der Waals surface area contributed by atoms with E-state index in [1.54, 1.807) is 20.8 Å². The Bertz CT molecular complexity index is 2100. The minimum atomic E-state index is -1.70. The number of benzene rings is 5. The van der Waals surface area contributed by atoms with Gasteiger partial charge in [-0.1, -0.05) is 140 Å². The molecule has 5 aromatic carbocycles. The summed E-state index contributed by atoms with van der Waals surface area (Å²) in [7, 11) is 0. The fourth-order valence-electron chi connectivity index (χ4n) is 7.09. The topological polar surface area (TPSA) is 169 Å². The molecule has 0 radical (unpaired) electrons. The lowest BCUT2D eigenvalue weighted by Gasteiger charge is -2.37. The van der Waals surface area contributed by atoms with Gasteiger partial charge in [-0.3, -0.25) is 4.79 Å². The molecule has 6 rings (SSSR count). The number of carboxylic acid groups (broad SMARTS) is 1. The van der Waals surface area contributed by atoms with E-state index < -0.39 is 66.3 Å². The van der Waals surface area contributed by atoms with E-state index in [-0.39, 0.29) is 12.5 Å². The van der Waals surface area contributed by atoms with Gasteiger partial charge < -0.3 is 35.3 Å². The van der Waals surface area contributed by atoms with E-state index in [9.17, 15) is 29.1 Å². The third kappa shape index (κ3) is 9.52. The van der Waals surface area contributed by atoms with Crippen molar-refractivity contribution in [3.63, 3.8) is 0 Å². The zero-order valence-corrected chi connectivity index (χ0v) is 32.3. The van der Waals surface area contributed by atoms with Crippen molar-refractivity contribution in [3.8, 4) is 11.1 Å². The number of carboxylic acids is 1. The van der Waals surface area contributed by atoms with Gasteiger partial charge in [0, 0.05) is 5.92 Å². The highest BCUT2D eigenvalue weighted by Crippen LogP contribution is 2.44.